The number of nitrogens with one attached hydrogen (secondary N) is 1. The van der Waals surface area contributed by atoms with Gasteiger partial charge in [-0.25, -0.2) is 18.1 Å². The van der Waals surface area contributed by atoms with E-state index in [2.05, 4.69) is 9.71 Å². The lowest BCUT2D eigenvalue weighted by Gasteiger charge is -2.03. The highest BCUT2D eigenvalue weighted by Gasteiger charge is 2.17. The summed E-state index contributed by atoms with van der Waals surface area (Å²) in [7, 11) is -3.46. The van der Waals surface area contributed by atoms with Crippen molar-refractivity contribution in [3.05, 3.63) is 58.8 Å². The Morgan fingerprint density at radius 2 is 1.88 bits per heavy atom. The molecular formula is C17H18N2O3S2. The summed E-state index contributed by atoms with van der Waals surface area (Å²) in [6, 6.07) is 13.1. The molecule has 0 spiro atoms. The number of sulfonamides is 1. The monoisotopic (exact) mass is 362 g/mol. The molecule has 5 nitrogen and oxygen atoms in total. The van der Waals surface area contributed by atoms with Gasteiger partial charge in [-0.3, -0.25) is 0 Å². The smallest absolute Gasteiger partial charge is 0.250 e. The van der Waals surface area contributed by atoms with Crippen LogP contribution in [0, 0.1) is 13.8 Å². The van der Waals surface area contributed by atoms with Crippen molar-refractivity contribution in [2.75, 3.05) is 6.54 Å². The maximum atomic E-state index is 12.2. The van der Waals surface area contributed by atoms with Gasteiger partial charge in [-0.2, -0.15) is 0 Å². The predicted octanol–water partition coefficient (Wildman–Crippen LogP) is 3.54. The quantitative estimate of drug-likeness (QED) is 0.728. The molecule has 0 aliphatic carbocycles. The largest absolute Gasteiger partial charge is 0.441 e. The minimum Gasteiger partial charge on any atom is -0.441 e. The number of thiophene rings is 1. The zero-order chi connectivity index (χ0) is 17.2. The number of hydrogen-bond donors (Lipinski definition) is 1. The van der Waals surface area contributed by atoms with Gasteiger partial charge >= 0.3 is 0 Å². The lowest BCUT2D eigenvalue weighted by Crippen LogP contribution is -2.25. The van der Waals surface area contributed by atoms with Crippen molar-refractivity contribution in [2.45, 2.75) is 24.5 Å². The number of oxazole rings is 1. The molecule has 0 aliphatic heterocycles. The SMILES string of the molecule is Cc1ccc(S(=O)(=O)NCCc2nc(-c3ccccc3)oc2C)s1. The van der Waals surface area contributed by atoms with Crippen molar-refractivity contribution in [1.82, 2.24) is 9.71 Å². The second-order valence-electron chi connectivity index (χ2n) is 5.40. The van der Waals surface area contributed by atoms with E-state index in [1.807, 2.05) is 44.2 Å². The van der Waals surface area contributed by atoms with Gasteiger partial charge in [0, 0.05) is 23.4 Å². The molecule has 0 unspecified atom stereocenters. The molecule has 1 N–H and O–H groups in total. The van der Waals surface area contributed by atoms with E-state index < -0.39 is 10.0 Å². The third-order valence-corrected chi connectivity index (χ3v) is 6.50. The zero-order valence-electron chi connectivity index (χ0n) is 13.4. The highest BCUT2D eigenvalue weighted by molar-refractivity contribution is 7.91. The molecule has 1 aromatic carbocycles. The molecule has 0 saturated heterocycles. The fourth-order valence-corrected chi connectivity index (χ4v) is 4.66. The molecule has 2 heterocycles. The van der Waals surface area contributed by atoms with Crippen LogP contribution in [-0.2, 0) is 16.4 Å². The third kappa shape index (κ3) is 3.75. The minimum atomic E-state index is -3.46. The summed E-state index contributed by atoms with van der Waals surface area (Å²) in [6.07, 6.45) is 0.478. The summed E-state index contributed by atoms with van der Waals surface area (Å²) >= 11 is 1.26. The van der Waals surface area contributed by atoms with Crippen LogP contribution in [0.4, 0.5) is 0 Å². The van der Waals surface area contributed by atoms with Crippen LogP contribution < -0.4 is 4.72 Å². The highest BCUT2D eigenvalue weighted by Crippen LogP contribution is 2.22. The van der Waals surface area contributed by atoms with Gasteiger partial charge in [0.2, 0.25) is 15.9 Å². The molecule has 0 saturated carbocycles. The number of rotatable bonds is 6. The van der Waals surface area contributed by atoms with Gasteiger partial charge in [0.1, 0.15) is 9.97 Å². The zero-order valence-corrected chi connectivity index (χ0v) is 15.1. The van der Waals surface area contributed by atoms with Gasteiger partial charge in [-0.05, 0) is 38.1 Å². The van der Waals surface area contributed by atoms with Gasteiger partial charge in [0.25, 0.3) is 0 Å². The Morgan fingerprint density at radius 3 is 2.54 bits per heavy atom. The summed E-state index contributed by atoms with van der Waals surface area (Å²) < 4.78 is 33.0. The van der Waals surface area contributed by atoms with Gasteiger partial charge < -0.3 is 4.42 Å². The second-order valence-corrected chi connectivity index (χ2v) is 8.68. The highest BCUT2D eigenvalue weighted by atomic mass is 32.2. The maximum Gasteiger partial charge on any atom is 0.250 e. The van der Waals surface area contributed by atoms with E-state index in [9.17, 15) is 8.42 Å². The van der Waals surface area contributed by atoms with E-state index in [4.69, 9.17) is 4.42 Å². The summed E-state index contributed by atoms with van der Waals surface area (Å²) in [5.74, 6) is 1.26. The van der Waals surface area contributed by atoms with Crippen molar-refractivity contribution < 1.29 is 12.8 Å². The Kier molecular flexibility index (Phi) is 4.84. The molecular weight excluding hydrogens is 344 g/mol. The van der Waals surface area contributed by atoms with Crippen molar-refractivity contribution in [3.63, 3.8) is 0 Å². The number of hydrogen-bond acceptors (Lipinski definition) is 5. The summed E-state index contributed by atoms with van der Waals surface area (Å²) in [5, 5.41) is 0. The molecule has 0 fully saturated rings. The Labute approximate surface area is 145 Å². The van der Waals surface area contributed by atoms with Crippen LogP contribution in [0.3, 0.4) is 0 Å². The van der Waals surface area contributed by atoms with Gasteiger partial charge in [-0.15, -0.1) is 11.3 Å². The van der Waals surface area contributed by atoms with Crippen LogP contribution in [0.5, 0.6) is 0 Å². The molecule has 3 rings (SSSR count). The van der Waals surface area contributed by atoms with E-state index in [0.717, 1.165) is 16.1 Å². The molecule has 0 atom stereocenters. The van der Waals surface area contributed by atoms with Crippen LogP contribution in [0.25, 0.3) is 11.5 Å². The minimum absolute atomic E-state index is 0.279. The lowest BCUT2D eigenvalue weighted by molar-refractivity contribution is 0.538. The van der Waals surface area contributed by atoms with E-state index in [1.165, 1.54) is 11.3 Å². The first-order valence-corrected chi connectivity index (χ1v) is 9.83. The summed E-state index contributed by atoms with van der Waals surface area (Å²) in [4.78, 5) is 5.45. The lowest BCUT2D eigenvalue weighted by atomic mass is 10.2. The number of aromatic nitrogens is 1. The van der Waals surface area contributed by atoms with Crippen molar-refractivity contribution in [3.8, 4) is 11.5 Å². The van der Waals surface area contributed by atoms with Crippen LogP contribution >= 0.6 is 11.3 Å². The molecule has 3 aromatic rings. The average molecular weight is 362 g/mol. The summed E-state index contributed by atoms with van der Waals surface area (Å²) in [5.41, 5.74) is 1.67. The van der Waals surface area contributed by atoms with Crippen molar-refractivity contribution >= 4 is 21.4 Å². The molecule has 0 amide bonds. The Morgan fingerprint density at radius 1 is 1.12 bits per heavy atom. The standard InChI is InChI=1S/C17H18N2O3S2/c1-12-8-9-16(23-12)24(20,21)18-11-10-15-13(2)22-17(19-15)14-6-4-3-5-7-14/h3-9,18H,10-11H2,1-2H3. The number of aryl methyl sites for hydroxylation is 2. The van der Waals surface area contributed by atoms with E-state index in [-0.39, 0.29) is 6.54 Å². The maximum absolute atomic E-state index is 12.2. The molecule has 0 aliphatic rings. The molecule has 126 valence electrons. The van der Waals surface area contributed by atoms with Crippen LogP contribution in [0.2, 0.25) is 0 Å². The molecule has 2 aromatic heterocycles. The average Bonchev–Trinajstić information content (AvgIpc) is 3.15. The third-order valence-electron chi connectivity index (χ3n) is 3.55. The van der Waals surface area contributed by atoms with Gasteiger partial charge in [0.05, 0.1) is 5.69 Å². The van der Waals surface area contributed by atoms with Crippen LogP contribution in [0.1, 0.15) is 16.3 Å². The Hall–Kier alpha value is -1.96. The summed E-state index contributed by atoms with van der Waals surface area (Å²) in [6.45, 7) is 4.00. The van der Waals surface area contributed by atoms with Crippen LogP contribution in [0.15, 0.2) is 51.1 Å². The molecule has 24 heavy (non-hydrogen) atoms. The first-order valence-electron chi connectivity index (χ1n) is 7.53. The fourth-order valence-electron chi connectivity index (χ4n) is 2.30. The number of benzene rings is 1. The van der Waals surface area contributed by atoms with Crippen LogP contribution in [-0.4, -0.2) is 19.9 Å². The predicted molar refractivity (Wildman–Crippen MR) is 94.6 cm³/mol. The normalized spacial score (nSPS) is 11.8. The topological polar surface area (TPSA) is 72.2 Å². The Balaban J connectivity index is 1.66. The van der Waals surface area contributed by atoms with Crippen molar-refractivity contribution in [1.29, 1.82) is 0 Å². The first-order chi connectivity index (χ1) is 11.5. The second kappa shape index (κ2) is 6.88. The van der Waals surface area contributed by atoms with E-state index >= 15 is 0 Å². The first kappa shape index (κ1) is 16.9. The molecule has 0 bridgehead atoms. The van der Waals surface area contributed by atoms with Gasteiger partial charge in [-0.1, -0.05) is 18.2 Å². The number of nitrogens with zero attached hydrogens (tertiary/aromatic N) is 1. The fraction of sp³-hybridized carbons (Fsp3) is 0.235. The Bertz CT molecular complexity index is 928. The van der Waals surface area contributed by atoms with E-state index in [0.29, 0.717) is 22.3 Å². The van der Waals surface area contributed by atoms with Gasteiger partial charge in [0.15, 0.2) is 0 Å². The molecule has 0 radical (unpaired) electrons. The van der Waals surface area contributed by atoms with Crippen molar-refractivity contribution in [2.24, 2.45) is 0 Å². The van der Waals surface area contributed by atoms with E-state index in [1.54, 1.807) is 12.1 Å². The molecule has 7 heteroatoms.